The topological polar surface area (TPSA) is 69.6 Å². The Hall–Kier alpha value is -1.75. The fourth-order valence-corrected chi connectivity index (χ4v) is 4.27. The van der Waals surface area contributed by atoms with E-state index in [1.807, 2.05) is 25.1 Å². The van der Waals surface area contributed by atoms with Crippen molar-refractivity contribution >= 4 is 23.6 Å². The molecule has 2 fully saturated rings. The first-order valence-electron chi connectivity index (χ1n) is 7.97. The van der Waals surface area contributed by atoms with Gasteiger partial charge in [0.2, 0.25) is 0 Å². The van der Waals surface area contributed by atoms with E-state index in [9.17, 15) is 14.7 Å². The number of likely N-dealkylation sites (tertiary alicyclic amines) is 1. The predicted octanol–water partition coefficient (Wildman–Crippen LogP) is 3.30. The molecule has 5 nitrogen and oxygen atoms in total. The minimum atomic E-state index is -0.769. The molecular formula is C17H21ClN2O3. The first kappa shape index (κ1) is 16.1. The predicted molar refractivity (Wildman–Crippen MR) is 87.4 cm³/mol. The van der Waals surface area contributed by atoms with Crippen LogP contribution in [0.4, 0.5) is 4.79 Å². The molecule has 1 heterocycles. The molecule has 1 aliphatic heterocycles. The van der Waals surface area contributed by atoms with E-state index in [-0.39, 0.29) is 18.0 Å². The molecule has 2 N–H and O–H groups in total. The summed E-state index contributed by atoms with van der Waals surface area (Å²) in [5.41, 5.74) is 0.111. The maximum Gasteiger partial charge on any atom is 0.317 e. The number of urea groups is 1. The zero-order chi connectivity index (χ0) is 16.6. The molecule has 124 valence electrons. The first-order chi connectivity index (χ1) is 10.9. The third-order valence-corrected chi connectivity index (χ3v) is 5.64. The average molecular weight is 337 g/mol. The van der Waals surface area contributed by atoms with Crippen molar-refractivity contribution in [1.29, 1.82) is 0 Å². The molecule has 1 aliphatic carbocycles. The lowest BCUT2D eigenvalue weighted by molar-refractivity contribution is -0.149. The van der Waals surface area contributed by atoms with E-state index in [2.05, 4.69) is 5.32 Å². The molecular weight excluding hydrogens is 316 g/mol. The van der Waals surface area contributed by atoms with Crippen LogP contribution >= 0.6 is 11.6 Å². The number of hydrogen-bond acceptors (Lipinski definition) is 2. The number of aliphatic carboxylic acids is 1. The van der Waals surface area contributed by atoms with Gasteiger partial charge in [0.05, 0.1) is 11.5 Å². The van der Waals surface area contributed by atoms with E-state index in [1.54, 1.807) is 11.0 Å². The monoisotopic (exact) mass is 336 g/mol. The van der Waals surface area contributed by atoms with Gasteiger partial charge in [-0.3, -0.25) is 4.79 Å². The van der Waals surface area contributed by atoms with E-state index in [1.165, 1.54) is 0 Å². The summed E-state index contributed by atoms with van der Waals surface area (Å²) in [7, 11) is 0. The fraction of sp³-hybridized carbons (Fsp3) is 0.529. The molecule has 1 saturated carbocycles. The summed E-state index contributed by atoms with van der Waals surface area (Å²) in [5.74, 6) is -0.698. The number of carbonyl (C=O) groups excluding carboxylic acids is 1. The molecule has 0 spiro atoms. The molecule has 1 aromatic carbocycles. The molecule has 2 amide bonds. The lowest BCUT2D eigenvalue weighted by atomic mass is 9.81. The van der Waals surface area contributed by atoms with Gasteiger partial charge in [0.1, 0.15) is 0 Å². The van der Waals surface area contributed by atoms with Gasteiger partial charge in [0.25, 0.3) is 0 Å². The summed E-state index contributed by atoms with van der Waals surface area (Å²) in [6.45, 7) is 2.70. The van der Waals surface area contributed by atoms with E-state index < -0.39 is 11.4 Å². The number of fused-ring (bicyclic) bond motifs is 1. The van der Waals surface area contributed by atoms with Crippen LogP contribution in [0.3, 0.4) is 0 Å². The maximum absolute atomic E-state index is 12.5. The number of carboxylic acids is 1. The van der Waals surface area contributed by atoms with Gasteiger partial charge in [-0.05, 0) is 37.3 Å². The zero-order valence-corrected chi connectivity index (χ0v) is 13.8. The van der Waals surface area contributed by atoms with Crippen LogP contribution in [0.2, 0.25) is 5.02 Å². The Morgan fingerprint density at radius 3 is 2.83 bits per heavy atom. The second kappa shape index (κ2) is 6.04. The quantitative estimate of drug-likeness (QED) is 0.889. The van der Waals surface area contributed by atoms with Gasteiger partial charge in [0.15, 0.2) is 0 Å². The molecule has 0 radical (unpaired) electrons. The molecule has 2 aliphatic rings. The van der Waals surface area contributed by atoms with Gasteiger partial charge >= 0.3 is 12.0 Å². The van der Waals surface area contributed by atoms with Crippen molar-refractivity contribution in [2.24, 2.45) is 11.3 Å². The van der Waals surface area contributed by atoms with Gasteiger partial charge in [-0.1, -0.05) is 36.2 Å². The fourth-order valence-electron chi connectivity index (χ4n) is 3.97. The van der Waals surface area contributed by atoms with Gasteiger partial charge in [-0.25, -0.2) is 4.79 Å². The van der Waals surface area contributed by atoms with E-state index in [0.29, 0.717) is 24.5 Å². The number of amides is 2. The highest BCUT2D eigenvalue weighted by Crippen LogP contribution is 2.48. The second-order valence-corrected chi connectivity index (χ2v) is 7.03. The number of nitrogens with one attached hydrogen (secondary N) is 1. The molecule has 1 unspecified atom stereocenters. The van der Waals surface area contributed by atoms with Crippen LogP contribution in [0.5, 0.6) is 0 Å². The van der Waals surface area contributed by atoms with Crippen molar-refractivity contribution < 1.29 is 14.7 Å². The highest BCUT2D eigenvalue weighted by molar-refractivity contribution is 6.31. The Morgan fingerprint density at radius 2 is 2.17 bits per heavy atom. The number of rotatable bonds is 3. The van der Waals surface area contributed by atoms with Crippen molar-refractivity contribution in [3.8, 4) is 0 Å². The zero-order valence-electron chi connectivity index (χ0n) is 13.1. The van der Waals surface area contributed by atoms with Crippen molar-refractivity contribution in [3.05, 3.63) is 34.9 Å². The standard InChI is InChI=1S/C17H21ClN2O3/c1-11(13-6-2-3-7-14(13)18)19-16(23)20-9-12-5-4-8-17(12,10-20)15(21)22/h2-3,6-7,11-12H,4-5,8-10H2,1H3,(H,19,23)(H,21,22)/t11?,12-,17+/m0/s1. The molecule has 1 saturated heterocycles. The van der Waals surface area contributed by atoms with Crippen LogP contribution < -0.4 is 5.32 Å². The van der Waals surface area contributed by atoms with E-state index >= 15 is 0 Å². The molecule has 0 bridgehead atoms. The Kier molecular flexibility index (Phi) is 4.23. The molecule has 23 heavy (non-hydrogen) atoms. The number of hydrogen-bond donors (Lipinski definition) is 2. The maximum atomic E-state index is 12.5. The molecule has 3 rings (SSSR count). The Labute approximate surface area is 140 Å². The second-order valence-electron chi connectivity index (χ2n) is 6.62. The van der Waals surface area contributed by atoms with Gasteiger partial charge < -0.3 is 15.3 Å². The van der Waals surface area contributed by atoms with Crippen LogP contribution in [0.25, 0.3) is 0 Å². The van der Waals surface area contributed by atoms with Gasteiger partial charge in [-0.2, -0.15) is 0 Å². The lowest BCUT2D eigenvalue weighted by Gasteiger charge is -2.24. The van der Waals surface area contributed by atoms with Crippen LogP contribution in [-0.2, 0) is 4.79 Å². The Bertz CT molecular complexity index is 636. The number of nitrogens with zero attached hydrogens (tertiary/aromatic N) is 1. The third kappa shape index (κ3) is 2.78. The summed E-state index contributed by atoms with van der Waals surface area (Å²) in [6.07, 6.45) is 2.48. The number of benzene rings is 1. The smallest absolute Gasteiger partial charge is 0.317 e. The van der Waals surface area contributed by atoms with Crippen LogP contribution in [0, 0.1) is 11.3 Å². The summed E-state index contributed by atoms with van der Waals surface area (Å²) >= 11 is 6.16. The lowest BCUT2D eigenvalue weighted by Crippen LogP contribution is -2.42. The molecule has 6 heteroatoms. The number of carbonyl (C=O) groups is 2. The minimum Gasteiger partial charge on any atom is -0.481 e. The van der Waals surface area contributed by atoms with Crippen LogP contribution in [-0.4, -0.2) is 35.1 Å². The third-order valence-electron chi connectivity index (χ3n) is 5.30. The van der Waals surface area contributed by atoms with Crippen LogP contribution in [0.15, 0.2) is 24.3 Å². The van der Waals surface area contributed by atoms with Gasteiger partial charge in [0, 0.05) is 18.1 Å². The molecule has 1 aromatic rings. The minimum absolute atomic E-state index is 0.0707. The Morgan fingerprint density at radius 1 is 1.43 bits per heavy atom. The highest BCUT2D eigenvalue weighted by atomic mass is 35.5. The SMILES string of the molecule is CC(NC(=O)N1C[C@@H]2CCC[C@@]2(C(=O)O)C1)c1ccccc1Cl. The molecule has 0 aromatic heterocycles. The summed E-state index contributed by atoms with van der Waals surface area (Å²) < 4.78 is 0. The van der Waals surface area contributed by atoms with Crippen molar-refractivity contribution in [2.75, 3.05) is 13.1 Å². The van der Waals surface area contributed by atoms with E-state index in [4.69, 9.17) is 11.6 Å². The summed E-state index contributed by atoms with van der Waals surface area (Å²) in [4.78, 5) is 25.8. The summed E-state index contributed by atoms with van der Waals surface area (Å²) in [6, 6.07) is 6.96. The highest BCUT2D eigenvalue weighted by Gasteiger charge is 2.55. The Balaban J connectivity index is 1.68. The summed E-state index contributed by atoms with van der Waals surface area (Å²) in [5, 5.41) is 13.1. The van der Waals surface area contributed by atoms with Crippen molar-refractivity contribution in [2.45, 2.75) is 32.2 Å². The van der Waals surface area contributed by atoms with Crippen LogP contribution in [0.1, 0.15) is 37.8 Å². The normalized spacial score (nSPS) is 27.6. The van der Waals surface area contributed by atoms with Crippen molar-refractivity contribution in [1.82, 2.24) is 10.2 Å². The first-order valence-corrected chi connectivity index (χ1v) is 8.35. The number of halogens is 1. The average Bonchev–Trinajstić information content (AvgIpc) is 3.05. The molecule has 3 atom stereocenters. The van der Waals surface area contributed by atoms with E-state index in [0.717, 1.165) is 18.4 Å². The largest absolute Gasteiger partial charge is 0.481 e. The van der Waals surface area contributed by atoms with Crippen molar-refractivity contribution in [3.63, 3.8) is 0 Å². The number of carboxylic acid groups (broad SMARTS) is 1. The van der Waals surface area contributed by atoms with Gasteiger partial charge in [-0.15, -0.1) is 0 Å².